The molecule has 0 bridgehead atoms. The van der Waals surface area contributed by atoms with Gasteiger partial charge in [-0.25, -0.2) is 4.98 Å². The van der Waals surface area contributed by atoms with Crippen molar-refractivity contribution < 1.29 is 0 Å². The van der Waals surface area contributed by atoms with Crippen LogP contribution in [0, 0.1) is 0 Å². The third kappa shape index (κ3) is 1.00. The molecule has 3 nitrogen and oxygen atoms in total. The van der Waals surface area contributed by atoms with E-state index in [0.29, 0.717) is 0 Å². The van der Waals surface area contributed by atoms with Crippen LogP contribution in [-0.2, 0) is 7.05 Å². The summed E-state index contributed by atoms with van der Waals surface area (Å²) in [6.07, 6.45) is 4.00. The van der Waals surface area contributed by atoms with Crippen molar-refractivity contribution >= 4 is 16.7 Å². The zero-order valence-corrected chi connectivity index (χ0v) is 7.57. The highest BCUT2D eigenvalue weighted by Crippen LogP contribution is 2.24. The van der Waals surface area contributed by atoms with Gasteiger partial charge in [-0.15, -0.1) is 0 Å². The summed E-state index contributed by atoms with van der Waals surface area (Å²) in [6.45, 7) is 2.36. The van der Waals surface area contributed by atoms with Gasteiger partial charge in [0.15, 0.2) is 0 Å². The summed E-state index contributed by atoms with van der Waals surface area (Å²) >= 11 is 0. The van der Waals surface area contributed by atoms with Gasteiger partial charge in [-0.2, -0.15) is 0 Å². The fourth-order valence-corrected chi connectivity index (χ4v) is 1.62. The number of anilines is 1. The van der Waals surface area contributed by atoms with Crippen LogP contribution in [-0.4, -0.2) is 22.6 Å². The Hall–Kier alpha value is -1.51. The van der Waals surface area contributed by atoms with E-state index in [2.05, 4.69) is 22.0 Å². The van der Waals surface area contributed by atoms with Crippen molar-refractivity contribution in [2.24, 2.45) is 7.05 Å². The van der Waals surface area contributed by atoms with Gasteiger partial charge in [-0.1, -0.05) is 0 Å². The lowest BCUT2D eigenvalue weighted by Crippen LogP contribution is -1.93. The summed E-state index contributed by atoms with van der Waals surface area (Å²) in [7, 11) is 2.02. The summed E-state index contributed by atoms with van der Waals surface area (Å²) in [4.78, 5) is 6.73. The van der Waals surface area contributed by atoms with Crippen LogP contribution in [0.2, 0.25) is 0 Å². The Bertz CT molecular complexity index is 454. The van der Waals surface area contributed by atoms with Crippen molar-refractivity contribution in [3.63, 3.8) is 0 Å². The molecule has 0 spiro atoms. The number of aromatic nitrogens is 2. The molecule has 66 valence electrons. The number of rotatable bonds is 1. The van der Waals surface area contributed by atoms with Crippen LogP contribution in [0.4, 0.5) is 5.69 Å². The highest BCUT2D eigenvalue weighted by atomic mass is 15.3. The lowest BCUT2D eigenvalue weighted by molar-refractivity contribution is 0.948. The summed E-state index contributed by atoms with van der Waals surface area (Å²) in [6, 6.07) is 4.31. The highest BCUT2D eigenvalue weighted by Gasteiger charge is 2.18. The number of nitrogens with zero attached hydrogens (tertiary/aromatic N) is 3. The summed E-state index contributed by atoms with van der Waals surface area (Å²) in [5, 5.41) is 1.23. The van der Waals surface area contributed by atoms with Gasteiger partial charge >= 0.3 is 0 Å². The van der Waals surface area contributed by atoms with E-state index < -0.39 is 0 Å². The van der Waals surface area contributed by atoms with E-state index >= 15 is 0 Å². The van der Waals surface area contributed by atoms with Gasteiger partial charge in [0.05, 0.1) is 11.9 Å². The molecule has 0 aliphatic carbocycles. The Morgan fingerprint density at radius 3 is 3.00 bits per heavy atom. The molecule has 1 fully saturated rings. The van der Waals surface area contributed by atoms with E-state index in [0.717, 1.165) is 5.65 Å². The van der Waals surface area contributed by atoms with Gasteiger partial charge < -0.3 is 9.47 Å². The predicted molar refractivity (Wildman–Crippen MR) is 52.9 cm³/mol. The average molecular weight is 173 g/mol. The zero-order chi connectivity index (χ0) is 8.84. The molecule has 0 aromatic carbocycles. The molecule has 3 heteroatoms. The van der Waals surface area contributed by atoms with Crippen LogP contribution in [0.25, 0.3) is 11.0 Å². The zero-order valence-electron chi connectivity index (χ0n) is 7.57. The lowest BCUT2D eigenvalue weighted by Gasteiger charge is -2.01. The summed E-state index contributed by atoms with van der Waals surface area (Å²) in [5.74, 6) is 0. The van der Waals surface area contributed by atoms with E-state index in [1.165, 1.54) is 24.2 Å². The molecular formula is C10H11N3. The lowest BCUT2D eigenvalue weighted by atomic mass is 10.3. The molecule has 3 rings (SSSR count). The maximum absolute atomic E-state index is 4.42. The molecule has 3 heterocycles. The average Bonchev–Trinajstić information content (AvgIpc) is 2.93. The quantitative estimate of drug-likeness (QED) is 0.608. The molecule has 2 aromatic rings. The second kappa shape index (κ2) is 2.25. The molecular weight excluding hydrogens is 162 g/mol. The molecule has 0 N–H and O–H groups in total. The minimum atomic E-state index is 1.06. The Labute approximate surface area is 76.6 Å². The number of aryl methyl sites for hydroxylation is 1. The van der Waals surface area contributed by atoms with E-state index in [1.54, 1.807) is 0 Å². The number of hydrogen-bond acceptors (Lipinski definition) is 2. The Morgan fingerprint density at radius 2 is 2.23 bits per heavy atom. The first kappa shape index (κ1) is 6.95. The Morgan fingerprint density at radius 1 is 1.38 bits per heavy atom. The molecule has 1 aliphatic rings. The van der Waals surface area contributed by atoms with Crippen LogP contribution in [0.3, 0.4) is 0 Å². The van der Waals surface area contributed by atoms with E-state index in [1.807, 2.05) is 24.0 Å². The van der Waals surface area contributed by atoms with Crippen molar-refractivity contribution in [2.75, 3.05) is 18.0 Å². The number of pyridine rings is 1. The molecule has 0 atom stereocenters. The van der Waals surface area contributed by atoms with Gasteiger partial charge in [0, 0.05) is 31.7 Å². The van der Waals surface area contributed by atoms with Gasteiger partial charge in [-0.3, -0.25) is 0 Å². The molecule has 1 saturated heterocycles. The number of fused-ring (bicyclic) bond motifs is 1. The maximum Gasteiger partial charge on any atom is 0.139 e. The Kier molecular flexibility index (Phi) is 1.20. The van der Waals surface area contributed by atoms with Gasteiger partial charge in [0.2, 0.25) is 0 Å². The standard InChI is InChI=1S/C10H11N3/c1-12-3-2-8-6-9(13-4-5-13)7-11-10(8)12/h2-3,6-7H,4-5H2,1H3. The minimum Gasteiger partial charge on any atom is -0.367 e. The second-order valence-electron chi connectivity index (χ2n) is 3.52. The second-order valence-corrected chi connectivity index (χ2v) is 3.52. The van der Waals surface area contributed by atoms with E-state index in [4.69, 9.17) is 0 Å². The fourth-order valence-electron chi connectivity index (χ4n) is 1.62. The first-order chi connectivity index (χ1) is 6.34. The van der Waals surface area contributed by atoms with Gasteiger partial charge in [0.1, 0.15) is 5.65 Å². The Balaban J connectivity index is 2.21. The molecule has 1 aliphatic heterocycles. The van der Waals surface area contributed by atoms with E-state index in [9.17, 15) is 0 Å². The largest absolute Gasteiger partial charge is 0.367 e. The van der Waals surface area contributed by atoms with Crippen molar-refractivity contribution in [3.05, 3.63) is 24.5 Å². The monoisotopic (exact) mass is 173 g/mol. The molecule has 2 aromatic heterocycles. The smallest absolute Gasteiger partial charge is 0.139 e. The van der Waals surface area contributed by atoms with Crippen molar-refractivity contribution in [3.8, 4) is 0 Å². The third-order valence-corrected chi connectivity index (χ3v) is 2.50. The maximum atomic E-state index is 4.42. The topological polar surface area (TPSA) is 20.8 Å². The molecule has 0 radical (unpaired) electrons. The molecule has 0 amide bonds. The normalized spacial score (nSPS) is 15.3. The molecule has 0 unspecified atom stereocenters. The van der Waals surface area contributed by atoms with Crippen molar-refractivity contribution in [1.29, 1.82) is 0 Å². The van der Waals surface area contributed by atoms with Gasteiger partial charge in [0.25, 0.3) is 0 Å². The third-order valence-electron chi connectivity index (χ3n) is 2.50. The summed E-state index contributed by atoms with van der Waals surface area (Å²) < 4.78 is 2.04. The molecule has 0 saturated carbocycles. The van der Waals surface area contributed by atoms with E-state index in [-0.39, 0.29) is 0 Å². The number of hydrogen-bond donors (Lipinski definition) is 0. The van der Waals surface area contributed by atoms with Crippen LogP contribution in [0.5, 0.6) is 0 Å². The fraction of sp³-hybridized carbons (Fsp3) is 0.300. The van der Waals surface area contributed by atoms with Gasteiger partial charge in [-0.05, 0) is 12.1 Å². The SMILES string of the molecule is Cn1ccc2cc(N3CC3)cnc21. The highest BCUT2D eigenvalue weighted by molar-refractivity contribution is 5.80. The van der Waals surface area contributed by atoms with Crippen LogP contribution in [0.1, 0.15) is 0 Å². The van der Waals surface area contributed by atoms with Crippen molar-refractivity contribution in [1.82, 2.24) is 9.55 Å². The first-order valence-corrected chi connectivity index (χ1v) is 4.50. The van der Waals surface area contributed by atoms with Crippen LogP contribution < -0.4 is 4.90 Å². The predicted octanol–water partition coefficient (Wildman–Crippen LogP) is 1.39. The van der Waals surface area contributed by atoms with Crippen molar-refractivity contribution in [2.45, 2.75) is 0 Å². The van der Waals surface area contributed by atoms with Crippen LogP contribution in [0.15, 0.2) is 24.5 Å². The van der Waals surface area contributed by atoms with Crippen LogP contribution >= 0.6 is 0 Å². The summed E-state index contributed by atoms with van der Waals surface area (Å²) in [5.41, 5.74) is 2.31. The first-order valence-electron chi connectivity index (χ1n) is 4.50. The molecule has 13 heavy (non-hydrogen) atoms. The minimum absolute atomic E-state index is 1.06.